The molecule has 5 nitrogen and oxygen atoms in total. The molecule has 25 heavy (non-hydrogen) atoms. The van der Waals surface area contributed by atoms with Crippen LogP contribution in [0, 0.1) is 0 Å². The fraction of sp³-hybridized carbons (Fsp3) is 0.316. The monoisotopic (exact) mass is 398 g/mol. The summed E-state index contributed by atoms with van der Waals surface area (Å²) in [4.78, 5) is 19.9. The Labute approximate surface area is 154 Å². The van der Waals surface area contributed by atoms with Crippen molar-refractivity contribution in [3.8, 4) is 0 Å². The summed E-state index contributed by atoms with van der Waals surface area (Å²) in [5, 5.41) is 4.17. The number of amides is 1. The molecule has 4 rings (SSSR count). The SMILES string of the molecule is CCC1Cc2ccccc2C(C)N1C(=O)c1nc2ccnn2cc1Br. The Hall–Kier alpha value is -2.21. The summed E-state index contributed by atoms with van der Waals surface area (Å²) < 4.78 is 2.32. The van der Waals surface area contributed by atoms with Gasteiger partial charge in [0.05, 0.1) is 16.7 Å². The van der Waals surface area contributed by atoms with E-state index in [9.17, 15) is 4.79 Å². The number of carbonyl (C=O) groups excluding carboxylic acids is 1. The Kier molecular flexibility index (Phi) is 4.07. The minimum Gasteiger partial charge on any atom is -0.327 e. The largest absolute Gasteiger partial charge is 0.327 e. The molecule has 0 radical (unpaired) electrons. The number of rotatable bonds is 2. The molecule has 0 spiro atoms. The molecule has 0 saturated heterocycles. The average molecular weight is 399 g/mol. The van der Waals surface area contributed by atoms with Crippen LogP contribution in [0.2, 0.25) is 0 Å². The molecule has 6 heteroatoms. The van der Waals surface area contributed by atoms with Gasteiger partial charge in [0, 0.05) is 18.3 Å². The van der Waals surface area contributed by atoms with E-state index >= 15 is 0 Å². The van der Waals surface area contributed by atoms with Gasteiger partial charge in [0.1, 0.15) is 5.69 Å². The van der Waals surface area contributed by atoms with Gasteiger partial charge in [0.2, 0.25) is 0 Å². The first-order valence-corrected chi connectivity index (χ1v) is 9.29. The molecule has 0 fully saturated rings. The second kappa shape index (κ2) is 6.26. The molecule has 0 aliphatic carbocycles. The number of hydrogen-bond donors (Lipinski definition) is 0. The van der Waals surface area contributed by atoms with E-state index < -0.39 is 0 Å². The summed E-state index contributed by atoms with van der Waals surface area (Å²) in [6.45, 7) is 4.23. The van der Waals surface area contributed by atoms with Crippen molar-refractivity contribution < 1.29 is 4.79 Å². The first-order chi connectivity index (χ1) is 12.1. The van der Waals surface area contributed by atoms with Gasteiger partial charge in [0.25, 0.3) is 5.91 Å². The van der Waals surface area contributed by atoms with Crippen molar-refractivity contribution in [2.75, 3.05) is 0 Å². The second-order valence-corrected chi connectivity index (χ2v) is 7.28. The van der Waals surface area contributed by atoms with Gasteiger partial charge in [-0.15, -0.1) is 0 Å². The fourth-order valence-corrected chi connectivity index (χ4v) is 4.18. The van der Waals surface area contributed by atoms with Crippen molar-refractivity contribution in [2.45, 2.75) is 38.8 Å². The van der Waals surface area contributed by atoms with Gasteiger partial charge in [0.15, 0.2) is 5.65 Å². The van der Waals surface area contributed by atoms with E-state index in [1.165, 1.54) is 11.1 Å². The zero-order chi connectivity index (χ0) is 17.6. The molecule has 0 bridgehead atoms. The predicted octanol–water partition coefficient (Wildman–Crippen LogP) is 4.03. The summed E-state index contributed by atoms with van der Waals surface area (Å²) in [7, 11) is 0. The molecule has 3 heterocycles. The molecule has 2 atom stereocenters. The Morgan fingerprint density at radius 1 is 1.32 bits per heavy atom. The van der Waals surface area contributed by atoms with E-state index in [-0.39, 0.29) is 18.0 Å². The quantitative estimate of drug-likeness (QED) is 0.654. The van der Waals surface area contributed by atoms with Gasteiger partial charge in [-0.25, -0.2) is 9.50 Å². The van der Waals surface area contributed by atoms with Crippen LogP contribution in [0.15, 0.2) is 47.2 Å². The molecule has 128 valence electrons. The topological polar surface area (TPSA) is 50.5 Å². The van der Waals surface area contributed by atoms with Crippen LogP contribution in [0.4, 0.5) is 0 Å². The maximum Gasteiger partial charge on any atom is 0.274 e. The van der Waals surface area contributed by atoms with Gasteiger partial charge >= 0.3 is 0 Å². The fourth-order valence-electron chi connectivity index (χ4n) is 3.73. The maximum atomic E-state index is 13.4. The lowest BCUT2D eigenvalue weighted by Crippen LogP contribution is -2.46. The van der Waals surface area contributed by atoms with Gasteiger partial charge in [-0.1, -0.05) is 31.2 Å². The molecule has 1 aliphatic rings. The molecule has 1 amide bonds. The van der Waals surface area contributed by atoms with Crippen molar-refractivity contribution in [2.24, 2.45) is 0 Å². The molecule has 3 aromatic rings. The van der Waals surface area contributed by atoms with E-state index in [0.717, 1.165) is 12.8 Å². The highest BCUT2D eigenvalue weighted by atomic mass is 79.9. The normalized spacial score (nSPS) is 19.9. The number of carbonyl (C=O) groups is 1. The third kappa shape index (κ3) is 2.65. The van der Waals surface area contributed by atoms with Crippen molar-refractivity contribution in [1.29, 1.82) is 0 Å². The molecule has 0 saturated carbocycles. The lowest BCUT2D eigenvalue weighted by molar-refractivity contribution is 0.0544. The summed E-state index contributed by atoms with van der Waals surface area (Å²) in [6.07, 6.45) is 5.27. The summed E-state index contributed by atoms with van der Waals surface area (Å²) in [5.41, 5.74) is 3.67. The van der Waals surface area contributed by atoms with Gasteiger partial charge < -0.3 is 4.90 Å². The third-order valence-corrected chi connectivity index (χ3v) is 5.60. The minimum absolute atomic E-state index is 0.0252. The summed E-state index contributed by atoms with van der Waals surface area (Å²) >= 11 is 3.49. The molecule has 1 aliphatic heterocycles. The van der Waals surface area contributed by atoms with E-state index in [1.807, 2.05) is 11.0 Å². The predicted molar refractivity (Wildman–Crippen MR) is 99.5 cm³/mol. The Balaban J connectivity index is 1.78. The van der Waals surface area contributed by atoms with Crippen molar-refractivity contribution in [3.05, 3.63) is 64.0 Å². The number of halogens is 1. The van der Waals surface area contributed by atoms with E-state index in [0.29, 0.717) is 15.8 Å². The first kappa shape index (κ1) is 16.3. The number of hydrogen-bond acceptors (Lipinski definition) is 3. The van der Waals surface area contributed by atoms with Crippen LogP contribution in [0.1, 0.15) is 47.9 Å². The van der Waals surface area contributed by atoms with E-state index in [2.05, 4.69) is 58.1 Å². The Morgan fingerprint density at radius 2 is 2.12 bits per heavy atom. The first-order valence-electron chi connectivity index (χ1n) is 8.50. The van der Waals surface area contributed by atoms with Crippen LogP contribution in [0.25, 0.3) is 5.65 Å². The van der Waals surface area contributed by atoms with Crippen molar-refractivity contribution >= 4 is 27.5 Å². The molecule has 1 aromatic carbocycles. The highest BCUT2D eigenvalue weighted by molar-refractivity contribution is 9.10. The van der Waals surface area contributed by atoms with Gasteiger partial charge in [-0.2, -0.15) is 5.10 Å². The number of aromatic nitrogens is 3. The second-order valence-electron chi connectivity index (χ2n) is 6.42. The van der Waals surface area contributed by atoms with E-state index in [1.54, 1.807) is 23.0 Å². The number of benzene rings is 1. The Bertz CT molecular complexity index is 952. The third-order valence-electron chi connectivity index (χ3n) is 5.02. The molecule has 0 N–H and O–H groups in total. The van der Waals surface area contributed by atoms with Crippen LogP contribution in [0.5, 0.6) is 0 Å². The van der Waals surface area contributed by atoms with Crippen molar-refractivity contribution in [3.63, 3.8) is 0 Å². The maximum absolute atomic E-state index is 13.4. The Morgan fingerprint density at radius 3 is 2.92 bits per heavy atom. The van der Waals surface area contributed by atoms with Crippen molar-refractivity contribution in [1.82, 2.24) is 19.5 Å². The zero-order valence-corrected chi connectivity index (χ0v) is 15.8. The lowest BCUT2D eigenvalue weighted by atomic mass is 9.87. The highest BCUT2D eigenvalue weighted by Gasteiger charge is 2.35. The van der Waals surface area contributed by atoms with Crippen LogP contribution in [-0.2, 0) is 6.42 Å². The molecule has 2 aromatic heterocycles. The number of nitrogens with zero attached hydrogens (tertiary/aromatic N) is 4. The summed E-state index contributed by atoms with van der Waals surface area (Å²) in [5.74, 6) is -0.0376. The van der Waals surface area contributed by atoms with Crippen LogP contribution < -0.4 is 0 Å². The molecule has 2 unspecified atom stereocenters. The summed E-state index contributed by atoms with van der Waals surface area (Å²) in [6, 6.07) is 10.4. The minimum atomic E-state index is -0.0376. The number of fused-ring (bicyclic) bond motifs is 2. The average Bonchev–Trinajstić information content (AvgIpc) is 3.07. The highest BCUT2D eigenvalue weighted by Crippen LogP contribution is 2.35. The van der Waals surface area contributed by atoms with Crippen LogP contribution in [-0.4, -0.2) is 31.4 Å². The standard InChI is InChI=1S/C19H19BrN4O/c1-3-14-10-13-6-4-5-7-15(13)12(2)24(14)19(25)18-16(20)11-23-17(22-18)8-9-21-23/h4-9,11-12,14H,3,10H2,1-2H3. The molecular formula is C19H19BrN4O. The van der Waals surface area contributed by atoms with Crippen LogP contribution in [0.3, 0.4) is 0 Å². The molecular weight excluding hydrogens is 380 g/mol. The van der Waals surface area contributed by atoms with Crippen LogP contribution >= 0.6 is 15.9 Å². The van der Waals surface area contributed by atoms with Gasteiger partial charge in [-0.3, -0.25) is 4.79 Å². The van der Waals surface area contributed by atoms with E-state index in [4.69, 9.17) is 0 Å². The van der Waals surface area contributed by atoms with Gasteiger partial charge in [-0.05, 0) is 46.8 Å². The smallest absolute Gasteiger partial charge is 0.274 e. The zero-order valence-electron chi connectivity index (χ0n) is 14.2. The lowest BCUT2D eigenvalue weighted by Gasteiger charge is -2.41.